The van der Waals surface area contributed by atoms with Gasteiger partial charge in [-0.1, -0.05) is 6.07 Å². The number of aliphatic hydroxyl groups is 1. The van der Waals surface area contributed by atoms with Gasteiger partial charge in [-0.05, 0) is 49.4 Å². The molecule has 0 spiro atoms. The van der Waals surface area contributed by atoms with E-state index in [1.165, 1.54) is 23.2 Å². The SMILES string of the molecule is O=C(CO)N1CCC(c2nc(OC[C@@]34CCCN3C[C@H](F)C4)nc3c(F)c(-c4cc(O)cc5ccc(F)c(F)c45)ncc23)C1. The van der Waals surface area contributed by atoms with Gasteiger partial charge in [-0.3, -0.25) is 14.7 Å². The van der Waals surface area contributed by atoms with Crippen LogP contribution in [-0.2, 0) is 4.79 Å². The summed E-state index contributed by atoms with van der Waals surface area (Å²) in [7, 11) is 0. The van der Waals surface area contributed by atoms with E-state index in [0.29, 0.717) is 31.6 Å². The zero-order valence-corrected chi connectivity index (χ0v) is 23.6. The maximum absolute atomic E-state index is 16.5. The maximum Gasteiger partial charge on any atom is 0.317 e. The normalized spacial score (nSPS) is 23.6. The van der Waals surface area contributed by atoms with Crippen LogP contribution in [0, 0.1) is 17.5 Å². The highest BCUT2D eigenvalue weighted by Gasteiger charge is 2.49. The number of carbonyl (C=O) groups excluding carboxylic acids is 1. The minimum absolute atomic E-state index is 0.0966. The van der Waals surface area contributed by atoms with Crippen molar-refractivity contribution in [3.05, 3.63) is 53.6 Å². The quantitative estimate of drug-likeness (QED) is 0.312. The van der Waals surface area contributed by atoms with Gasteiger partial charge in [-0.2, -0.15) is 9.97 Å². The molecule has 5 heterocycles. The lowest BCUT2D eigenvalue weighted by molar-refractivity contribution is -0.133. The molecule has 9 nitrogen and oxygen atoms in total. The molecular formula is C31H29F4N5O4. The lowest BCUT2D eigenvalue weighted by Crippen LogP contribution is -2.43. The van der Waals surface area contributed by atoms with E-state index in [9.17, 15) is 23.8 Å². The minimum Gasteiger partial charge on any atom is -0.508 e. The van der Waals surface area contributed by atoms with E-state index in [4.69, 9.17) is 4.74 Å². The summed E-state index contributed by atoms with van der Waals surface area (Å²) >= 11 is 0. The Morgan fingerprint density at radius 1 is 1.11 bits per heavy atom. The number of amides is 1. The topological polar surface area (TPSA) is 112 Å². The van der Waals surface area contributed by atoms with Crippen molar-refractivity contribution in [1.82, 2.24) is 24.8 Å². The van der Waals surface area contributed by atoms with Crippen LogP contribution >= 0.6 is 0 Å². The van der Waals surface area contributed by atoms with E-state index in [0.717, 1.165) is 31.5 Å². The molecule has 44 heavy (non-hydrogen) atoms. The van der Waals surface area contributed by atoms with Gasteiger partial charge in [0.2, 0.25) is 5.91 Å². The highest BCUT2D eigenvalue weighted by Crippen LogP contribution is 2.42. The zero-order chi connectivity index (χ0) is 30.7. The fourth-order valence-electron chi connectivity index (χ4n) is 7.15. The molecule has 4 aromatic rings. The minimum atomic E-state index is -1.21. The average Bonchev–Trinajstić information content (AvgIpc) is 3.72. The number of pyridine rings is 1. The lowest BCUT2D eigenvalue weighted by atomic mass is 9.95. The number of nitrogens with zero attached hydrogens (tertiary/aromatic N) is 5. The lowest BCUT2D eigenvalue weighted by Gasteiger charge is -2.30. The van der Waals surface area contributed by atoms with Crippen LogP contribution in [0.25, 0.3) is 32.9 Å². The number of hydrogen-bond donors (Lipinski definition) is 2. The highest BCUT2D eigenvalue weighted by atomic mass is 19.2. The number of likely N-dealkylation sites (tertiary alicyclic amines) is 1. The van der Waals surface area contributed by atoms with Gasteiger partial charge in [0, 0.05) is 54.5 Å². The molecule has 3 aliphatic heterocycles. The van der Waals surface area contributed by atoms with Crippen molar-refractivity contribution in [2.75, 3.05) is 39.4 Å². The predicted molar refractivity (Wildman–Crippen MR) is 151 cm³/mol. The maximum atomic E-state index is 16.5. The number of aromatic nitrogens is 3. The first-order chi connectivity index (χ1) is 21.2. The molecule has 3 atom stereocenters. The summed E-state index contributed by atoms with van der Waals surface area (Å²) in [6.45, 7) is 1.10. The van der Waals surface area contributed by atoms with Crippen LogP contribution in [0.1, 0.15) is 37.3 Å². The van der Waals surface area contributed by atoms with Gasteiger partial charge in [0.25, 0.3) is 0 Å². The smallest absolute Gasteiger partial charge is 0.317 e. The number of alkyl halides is 1. The average molecular weight is 612 g/mol. The highest BCUT2D eigenvalue weighted by molar-refractivity contribution is 5.99. The van der Waals surface area contributed by atoms with Crippen LogP contribution in [0.4, 0.5) is 17.6 Å². The molecule has 1 unspecified atom stereocenters. The number of fused-ring (bicyclic) bond motifs is 3. The van der Waals surface area contributed by atoms with E-state index in [1.807, 2.05) is 0 Å². The Morgan fingerprint density at radius 3 is 2.77 bits per heavy atom. The molecule has 3 saturated heterocycles. The number of ether oxygens (including phenoxy) is 1. The van der Waals surface area contributed by atoms with Gasteiger partial charge >= 0.3 is 6.01 Å². The monoisotopic (exact) mass is 611 g/mol. The molecular weight excluding hydrogens is 582 g/mol. The number of halogens is 4. The second-order valence-electron chi connectivity index (χ2n) is 11.9. The van der Waals surface area contributed by atoms with Crippen molar-refractivity contribution in [3.63, 3.8) is 0 Å². The molecule has 13 heteroatoms. The number of aliphatic hydroxyl groups excluding tert-OH is 1. The van der Waals surface area contributed by atoms with Crippen LogP contribution in [0.3, 0.4) is 0 Å². The van der Waals surface area contributed by atoms with Crippen LogP contribution in [-0.4, -0.2) is 92.0 Å². The van der Waals surface area contributed by atoms with Crippen molar-refractivity contribution in [1.29, 1.82) is 0 Å². The predicted octanol–water partition coefficient (Wildman–Crippen LogP) is 4.23. The van der Waals surface area contributed by atoms with Gasteiger partial charge < -0.3 is 19.8 Å². The first-order valence-electron chi connectivity index (χ1n) is 14.6. The molecule has 230 valence electrons. The van der Waals surface area contributed by atoms with Crippen molar-refractivity contribution in [3.8, 4) is 23.0 Å². The summed E-state index contributed by atoms with van der Waals surface area (Å²) in [5.74, 6) is -4.42. The first kappa shape index (κ1) is 28.7. The summed E-state index contributed by atoms with van der Waals surface area (Å²) in [6.07, 6.45) is 2.78. The van der Waals surface area contributed by atoms with Crippen LogP contribution < -0.4 is 4.74 Å². The number of phenolic OH excluding ortho intramolecular Hbond substituents is 1. The largest absolute Gasteiger partial charge is 0.508 e. The molecule has 7 rings (SSSR count). The summed E-state index contributed by atoms with van der Waals surface area (Å²) in [6, 6.07) is 4.40. The van der Waals surface area contributed by atoms with E-state index < -0.39 is 41.7 Å². The van der Waals surface area contributed by atoms with Gasteiger partial charge in [0.05, 0.1) is 11.2 Å². The third kappa shape index (κ3) is 4.69. The van der Waals surface area contributed by atoms with Crippen LogP contribution in [0.2, 0.25) is 0 Å². The molecule has 1 amide bonds. The van der Waals surface area contributed by atoms with Gasteiger partial charge in [0.1, 0.15) is 36.3 Å². The summed E-state index contributed by atoms with van der Waals surface area (Å²) < 4.78 is 66.2. The first-order valence-corrected chi connectivity index (χ1v) is 14.6. The van der Waals surface area contributed by atoms with Crippen molar-refractivity contribution in [2.45, 2.75) is 43.3 Å². The third-order valence-corrected chi connectivity index (χ3v) is 9.23. The number of phenols is 1. The number of hydrogen-bond acceptors (Lipinski definition) is 8. The second kappa shape index (κ2) is 10.8. The fourth-order valence-corrected chi connectivity index (χ4v) is 7.15. The van der Waals surface area contributed by atoms with Crippen LogP contribution in [0.5, 0.6) is 11.8 Å². The third-order valence-electron chi connectivity index (χ3n) is 9.23. The Bertz CT molecular complexity index is 1810. The van der Waals surface area contributed by atoms with E-state index in [1.54, 1.807) is 0 Å². The Kier molecular flexibility index (Phi) is 7.04. The van der Waals surface area contributed by atoms with Gasteiger partial charge in [0.15, 0.2) is 17.5 Å². The molecule has 2 N–H and O–H groups in total. The van der Waals surface area contributed by atoms with E-state index >= 15 is 8.78 Å². The van der Waals surface area contributed by atoms with Crippen molar-refractivity contribution >= 4 is 27.6 Å². The second-order valence-corrected chi connectivity index (χ2v) is 11.9. The van der Waals surface area contributed by atoms with Crippen molar-refractivity contribution in [2.24, 2.45) is 0 Å². The molecule has 0 saturated carbocycles. The summed E-state index contributed by atoms with van der Waals surface area (Å²) in [4.78, 5) is 29.0. The number of carbonyl (C=O) groups is 1. The fraction of sp³-hybridized carbons (Fsp3) is 0.419. The standard InChI is InChI=1S/C31H29F4N5O4/c32-18-10-31(5-1-6-40(31)13-18)15-44-30-37-27(17-4-7-39(12-17)23(43)14-41)21-11-36-28(26(35)29(21)38-30)20-9-19(42)8-16-2-3-22(33)25(34)24(16)20/h2-3,8-9,11,17-18,41-42H,1,4-7,10,12-15H2/t17?,18-,31+/m1/s1. The molecule has 2 aromatic heterocycles. The van der Waals surface area contributed by atoms with Gasteiger partial charge in [-0.25, -0.2) is 17.6 Å². The zero-order valence-electron chi connectivity index (χ0n) is 23.6. The molecule has 0 aliphatic carbocycles. The Hall–Kier alpha value is -4.10. The molecule has 0 bridgehead atoms. The van der Waals surface area contributed by atoms with E-state index in [2.05, 4.69) is 19.9 Å². The van der Waals surface area contributed by atoms with Crippen LogP contribution in [0.15, 0.2) is 30.5 Å². The summed E-state index contributed by atoms with van der Waals surface area (Å²) in [5, 5.41) is 19.8. The number of aromatic hydroxyl groups is 1. The van der Waals surface area contributed by atoms with Crippen molar-refractivity contribution < 1.29 is 37.3 Å². The number of benzene rings is 2. The molecule has 3 fully saturated rings. The molecule has 0 radical (unpaired) electrons. The number of rotatable bonds is 6. The van der Waals surface area contributed by atoms with Gasteiger partial charge in [-0.15, -0.1) is 0 Å². The Balaban J connectivity index is 1.35. The molecule has 3 aliphatic rings. The Labute approximate surface area is 249 Å². The summed E-state index contributed by atoms with van der Waals surface area (Å²) in [5.41, 5.74) is -0.853. The molecule has 2 aromatic carbocycles. The Morgan fingerprint density at radius 2 is 1.95 bits per heavy atom. The van der Waals surface area contributed by atoms with E-state index in [-0.39, 0.29) is 63.8 Å².